The largest absolute Gasteiger partial charge is 0.352 e. The molecule has 8 nitrogen and oxygen atoms in total. The first-order chi connectivity index (χ1) is 15.9. The number of nitro groups is 1. The van der Waals surface area contributed by atoms with Gasteiger partial charge in [0, 0.05) is 54.8 Å². The van der Waals surface area contributed by atoms with Crippen LogP contribution in [0.25, 0.3) is 0 Å². The smallest absolute Gasteiger partial charge is 0.273 e. The summed E-state index contributed by atoms with van der Waals surface area (Å²) in [4.78, 5) is 29.9. The molecule has 1 amide bonds. The van der Waals surface area contributed by atoms with E-state index in [0.717, 1.165) is 42.5 Å². The second-order valence-corrected chi connectivity index (χ2v) is 8.93. The van der Waals surface area contributed by atoms with E-state index in [1.54, 1.807) is 31.2 Å². The number of hydrogen-bond donors (Lipinski definition) is 1. The average molecular weight is 470 g/mol. The SMILES string of the molecule is Cc1ccc(C(=O)NCC2CCN(c3nc(Cc4ccc(F)cc4)ns3)CC2)cc1[N+](=O)[O-]. The molecular formula is C23H24FN5O3S. The maximum atomic E-state index is 13.1. The van der Waals surface area contributed by atoms with Gasteiger partial charge in [0.2, 0.25) is 5.13 Å². The summed E-state index contributed by atoms with van der Waals surface area (Å²) in [6, 6.07) is 10.9. The summed E-state index contributed by atoms with van der Waals surface area (Å²) in [5.41, 5.74) is 1.75. The van der Waals surface area contributed by atoms with E-state index in [1.807, 2.05) is 0 Å². The molecule has 1 saturated heterocycles. The number of anilines is 1. The Kier molecular flexibility index (Phi) is 6.93. The highest BCUT2D eigenvalue weighted by molar-refractivity contribution is 7.09. The number of halogens is 1. The molecule has 172 valence electrons. The highest BCUT2D eigenvalue weighted by Gasteiger charge is 2.23. The van der Waals surface area contributed by atoms with Gasteiger partial charge in [0.15, 0.2) is 0 Å². The van der Waals surface area contributed by atoms with Gasteiger partial charge in [0.25, 0.3) is 11.6 Å². The number of hydrogen-bond acceptors (Lipinski definition) is 7. The Bertz CT molecular complexity index is 1140. The van der Waals surface area contributed by atoms with E-state index in [-0.39, 0.29) is 17.4 Å². The van der Waals surface area contributed by atoms with Gasteiger partial charge in [-0.05, 0) is 49.4 Å². The first-order valence-corrected chi connectivity index (χ1v) is 11.5. The number of amides is 1. The molecule has 1 fully saturated rings. The molecule has 2 aromatic carbocycles. The van der Waals surface area contributed by atoms with E-state index in [2.05, 4.69) is 19.6 Å². The standard InChI is InChI=1S/C23H24FN5O3S/c1-15-2-5-18(13-20(15)29(31)32)22(30)25-14-17-8-10-28(11-9-17)23-26-21(27-33-23)12-16-3-6-19(24)7-4-16/h2-7,13,17H,8-12,14H2,1H3,(H,25,30). The van der Waals surface area contributed by atoms with Crippen LogP contribution >= 0.6 is 11.5 Å². The van der Waals surface area contributed by atoms with E-state index in [1.165, 1.54) is 29.7 Å². The van der Waals surface area contributed by atoms with Crippen molar-refractivity contribution in [1.82, 2.24) is 14.7 Å². The van der Waals surface area contributed by atoms with Crippen LogP contribution in [0, 0.1) is 28.8 Å². The van der Waals surface area contributed by atoms with Crippen molar-refractivity contribution in [2.45, 2.75) is 26.2 Å². The van der Waals surface area contributed by atoms with Crippen LogP contribution in [0.4, 0.5) is 15.2 Å². The van der Waals surface area contributed by atoms with Gasteiger partial charge < -0.3 is 10.2 Å². The minimum Gasteiger partial charge on any atom is -0.352 e. The summed E-state index contributed by atoms with van der Waals surface area (Å²) in [6.07, 6.45) is 2.37. The lowest BCUT2D eigenvalue weighted by Gasteiger charge is -2.31. The number of carbonyl (C=O) groups excluding carboxylic acids is 1. The second kappa shape index (κ2) is 10.0. The van der Waals surface area contributed by atoms with Crippen molar-refractivity contribution in [3.8, 4) is 0 Å². The number of nitro benzene ring substituents is 1. The number of benzene rings is 2. The van der Waals surface area contributed by atoms with Crippen LogP contribution in [0.5, 0.6) is 0 Å². The monoisotopic (exact) mass is 469 g/mol. The predicted molar refractivity (Wildman–Crippen MR) is 124 cm³/mol. The van der Waals surface area contributed by atoms with E-state index in [9.17, 15) is 19.3 Å². The maximum Gasteiger partial charge on any atom is 0.273 e. The van der Waals surface area contributed by atoms with Crippen molar-refractivity contribution < 1.29 is 14.1 Å². The molecule has 0 radical (unpaired) electrons. The van der Waals surface area contributed by atoms with Crippen LogP contribution in [-0.4, -0.2) is 39.8 Å². The zero-order valence-electron chi connectivity index (χ0n) is 18.2. The fourth-order valence-electron chi connectivity index (χ4n) is 3.84. The third-order valence-electron chi connectivity index (χ3n) is 5.84. The molecule has 0 atom stereocenters. The highest BCUT2D eigenvalue weighted by atomic mass is 32.1. The fourth-order valence-corrected chi connectivity index (χ4v) is 4.58. The fraction of sp³-hybridized carbons (Fsp3) is 0.348. The molecule has 1 aliphatic rings. The Morgan fingerprint density at radius 2 is 1.97 bits per heavy atom. The number of carbonyl (C=O) groups is 1. The third-order valence-corrected chi connectivity index (χ3v) is 6.65. The van der Waals surface area contributed by atoms with Gasteiger partial charge in [0.05, 0.1) is 4.92 Å². The van der Waals surface area contributed by atoms with Crippen LogP contribution in [0.2, 0.25) is 0 Å². The van der Waals surface area contributed by atoms with Gasteiger partial charge >= 0.3 is 0 Å². The van der Waals surface area contributed by atoms with Crippen LogP contribution in [-0.2, 0) is 6.42 Å². The normalized spacial score (nSPS) is 14.3. The van der Waals surface area contributed by atoms with Gasteiger partial charge in [-0.15, -0.1) is 0 Å². The van der Waals surface area contributed by atoms with Crippen molar-refractivity contribution in [2.75, 3.05) is 24.5 Å². The molecule has 3 aromatic rings. The van der Waals surface area contributed by atoms with E-state index in [4.69, 9.17) is 0 Å². The highest BCUT2D eigenvalue weighted by Crippen LogP contribution is 2.25. The number of aryl methyl sites for hydroxylation is 1. The van der Waals surface area contributed by atoms with Gasteiger partial charge in [-0.2, -0.15) is 4.37 Å². The van der Waals surface area contributed by atoms with E-state index < -0.39 is 4.92 Å². The van der Waals surface area contributed by atoms with Crippen molar-refractivity contribution in [1.29, 1.82) is 0 Å². The maximum absolute atomic E-state index is 13.1. The first-order valence-electron chi connectivity index (χ1n) is 10.7. The van der Waals surface area contributed by atoms with Crippen LogP contribution in [0.15, 0.2) is 42.5 Å². The topological polar surface area (TPSA) is 101 Å². The Labute approximate surface area is 194 Å². The molecule has 1 N–H and O–H groups in total. The van der Waals surface area contributed by atoms with E-state index >= 15 is 0 Å². The number of aromatic nitrogens is 2. The Balaban J connectivity index is 1.26. The molecule has 2 heterocycles. The molecule has 33 heavy (non-hydrogen) atoms. The summed E-state index contributed by atoms with van der Waals surface area (Å²) in [5, 5.41) is 14.9. The lowest BCUT2D eigenvalue weighted by Crippen LogP contribution is -2.38. The predicted octanol–water partition coefficient (Wildman–Crippen LogP) is 4.13. The molecule has 1 aromatic heterocycles. The number of nitrogens with one attached hydrogen (secondary N) is 1. The summed E-state index contributed by atoms with van der Waals surface area (Å²) in [5.74, 6) is 0.500. The summed E-state index contributed by atoms with van der Waals surface area (Å²) in [7, 11) is 0. The summed E-state index contributed by atoms with van der Waals surface area (Å²) < 4.78 is 17.5. The molecule has 0 bridgehead atoms. The van der Waals surface area contributed by atoms with Gasteiger partial charge in [-0.1, -0.05) is 18.2 Å². The number of rotatable bonds is 7. The number of piperidine rings is 1. The summed E-state index contributed by atoms with van der Waals surface area (Å²) in [6.45, 7) is 3.82. The minimum atomic E-state index is -0.472. The van der Waals surface area contributed by atoms with Crippen molar-refractivity contribution in [3.63, 3.8) is 0 Å². The van der Waals surface area contributed by atoms with Crippen LogP contribution in [0.1, 0.15) is 40.2 Å². The van der Waals surface area contributed by atoms with Gasteiger partial charge in [-0.3, -0.25) is 14.9 Å². The van der Waals surface area contributed by atoms with Crippen molar-refractivity contribution >= 4 is 28.3 Å². The minimum absolute atomic E-state index is 0.0492. The molecular weight excluding hydrogens is 445 g/mol. The molecule has 10 heteroatoms. The lowest BCUT2D eigenvalue weighted by molar-refractivity contribution is -0.385. The molecule has 0 saturated carbocycles. The molecule has 0 spiro atoms. The first kappa shape index (κ1) is 22.8. The molecule has 1 aliphatic heterocycles. The van der Waals surface area contributed by atoms with Gasteiger partial charge in [0.1, 0.15) is 11.6 Å². The number of nitrogens with zero attached hydrogens (tertiary/aromatic N) is 4. The van der Waals surface area contributed by atoms with Crippen LogP contribution in [0.3, 0.4) is 0 Å². The third kappa shape index (κ3) is 5.70. The average Bonchev–Trinajstić information content (AvgIpc) is 3.28. The Morgan fingerprint density at radius 1 is 1.24 bits per heavy atom. The zero-order chi connectivity index (χ0) is 23.4. The zero-order valence-corrected chi connectivity index (χ0v) is 19.0. The van der Waals surface area contributed by atoms with Crippen LogP contribution < -0.4 is 10.2 Å². The molecule has 0 unspecified atom stereocenters. The Hall–Kier alpha value is -3.40. The summed E-state index contributed by atoms with van der Waals surface area (Å²) >= 11 is 1.37. The Morgan fingerprint density at radius 3 is 2.67 bits per heavy atom. The van der Waals surface area contributed by atoms with Crippen molar-refractivity contribution in [3.05, 3.63) is 80.9 Å². The molecule has 0 aliphatic carbocycles. The quantitative estimate of drug-likeness (QED) is 0.412. The van der Waals surface area contributed by atoms with Crippen molar-refractivity contribution in [2.24, 2.45) is 5.92 Å². The molecule has 4 rings (SSSR count). The van der Waals surface area contributed by atoms with Gasteiger partial charge in [-0.25, -0.2) is 9.37 Å². The lowest BCUT2D eigenvalue weighted by atomic mass is 9.97. The second-order valence-electron chi connectivity index (χ2n) is 8.20. The van der Waals surface area contributed by atoms with E-state index in [0.29, 0.717) is 30.0 Å².